The highest BCUT2D eigenvalue weighted by Crippen LogP contribution is 2.28. The minimum absolute atomic E-state index is 0.218. The van der Waals surface area contributed by atoms with E-state index in [1.165, 1.54) is 63.5 Å². The van der Waals surface area contributed by atoms with Gasteiger partial charge in [-0.2, -0.15) is 0 Å². The predicted octanol–water partition coefficient (Wildman–Crippen LogP) is 3.94. The average Bonchev–Trinajstić information content (AvgIpc) is 2.81. The largest absolute Gasteiger partial charge is 0.340 e. The van der Waals surface area contributed by atoms with E-state index in [1.807, 2.05) is 12.4 Å². The van der Waals surface area contributed by atoms with Crippen molar-refractivity contribution in [1.82, 2.24) is 19.7 Å². The van der Waals surface area contributed by atoms with Gasteiger partial charge in [-0.05, 0) is 82.8 Å². The third kappa shape index (κ3) is 5.42. The molecule has 2 aliphatic heterocycles. The summed E-state index contributed by atoms with van der Waals surface area (Å²) in [5, 5.41) is 0. The van der Waals surface area contributed by atoms with Crippen molar-refractivity contribution >= 4 is 5.91 Å². The molecule has 0 spiro atoms. The van der Waals surface area contributed by atoms with Gasteiger partial charge < -0.3 is 4.90 Å². The van der Waals surface area contributed by atoms with E-state index >= 15 is 0 Å². The zero-order valence-corrected chi connectivity index (χ0v) is 18.8. The Morgan fingerprint density at radius 3 is 2.43 bits per heavy atom. The Morgan fingerprint density at radius 1 is 1.00 bits per heavy atom. The first-order valence-corrected chi connectivity index (χ1v) is 12.4. The Bertz CT molecular complexity index is 652. The van der Waals surface area contributed by atoms with Gasteiger partial charge in [0.15, 0.2) is 0 Å². The van der Waals surface area contributed by atoms with E-state index in [9.17, 15) is 4.79 Å². The van der Waals surface area contributed by atoms with E-state index in [1.54, 1.807) is 0 Å². The highest BCUT2D eigenvalue weighted by molar-refractivity contribution is 5.79. The van der Waals surface area contributed by atoms with Gasteiger partial charge in [-0.25, -0.2) is 0 Å². The molecule has 0 N–H and O–H groups in total. The SMILES string of the molecule is CCN(C(=O)[C@@H]1CCCN(C2CCN(Cc3ccncc3)CC2)C1)C1CCCCC1. The van der Waals surface area contributed by atoms with Crippen molar-refractivity contribution in [2.24, 2.45) is 5.92 Å². The van der Waals surface area contributed by atoms with Crippen LogP contribution in [0.5, 0.6) is 0 Å². The van der Waals surface area contributed by atoms with Crippen LogP contribution in [0, 0.1) is 5.92 Å². The fourth-order valence-electron chi connectivity index (χ4n) is 5.95. The molecule has 1 saturated carbocycles. The lowest BCUT2D eigenvalue weighted by molar-refractivity contribution is -0.140. The van der Waals surface area contributed by atoms with E-state index in [-0.39, 0.29) is 5.92 Å². The van der Waals surface area contributed by atoms with Gasteiger partial charge in [0.1, 0.15) is 0 Å². The second kappa shape index (κ2) is 10.7. The number of pyridine rings is 1. The zero-order valence-electron chi connectivity index (χ0n) is 18.8. The summed E-state index contributed by atoms with van der Waals surface area (Å²) in [6.45, 7) is 8.56. The highest BCUT2D eigenvalue weighted by atomic mass is 16.2. The Hall–Kier alpha value is -1.46. The number of carbonyl (C=O) groups is 1. The van der Waals surface area contributed by atoms with Crippen LogP contribution >= 0.6 is 0 Å². The monoisotopic (exact) mass is 412 g/mol. The summed E-state index contributed by atoms with van der Waals surface area (Å²) >= 11 is 0. The van der Waals surface area contributed by atoms with Crippen molar-refractivity contribution in [3.8, 4) is 0 Å². The molecule has 0 radical (unpaired) electrons. The molecule has 4 rings (SSSR count). The maximum absolute atomic E-state index is 13.4. The molecule has 2 saturated heterocycles. The van der Waals surface area contributed by atoms with Crippen LogP contribution in [-0.4, -0.2) is 70.4 Å². The molecular formula is C25H40N4O. The van der Waals surface area contributed by atoms with Crippen LogP contribution in [0.1, 0.15) is 70.3 Å². The number of likely N-dealkylation sites (tertiary alicyclic amines) is 2. The minimum atomic E-state index is 0.218. The van der Waals surface area contributed by atoms with E-state index in [0.717, 1.165) is 39.1 Å². The average molecular weight is 413 g/mol. The van der Waals surface area contributed by atoms with Gasteiger partial charge in [0, 0.05) is 44.1 Å². The quantitative estimate of drug-likeness (QED) is 0.710. The topological polar surface area (TPSA) is 39.7 Å². The first-order chi connectivity index (χ1) is 14.7. The molecule has 0 bridgehead atoms. The molecule has 3 aliphatic rings. The lowest BCUT2D eigenvalue weighted by Gasteiger charge is -2.43. The first kappa shape index (κ1) is 21.8. The van der Waals surface area contributed by atoms with E-state index in [0.29, 0.717) is 18.0 Å². The number of hydrogen-bond donors (Lipinski definition) is 0. The van der Waals surface area contributed by atoms with Gasteiger partial charge >= 0.3 is 0 Å². The predicted molar refractivity (Wildman–Crippen MR) is 121 cm³/mol. The smallest absolute Gasteiger partial charge is 0.227 e. The van der Waals surface area contributed by atoms with Crippen molar-refractivity contribution in [1.29, 1.82) is 0 Å². The Balaban J connectivity index is 1.28. The third-order valence-corrected chi connectivity index (χ3v) is 7.67. The molecule has 1 aromatic rings. The first-order valence-electron chi connectivity index (χ1n) is 12.4. The van der Waals surface area contributed by atoms with Crippen molar-refractivity contribution < 1.29 is 4.79 Å². The number of aromatic nitrogens is 1. The molecule has 3 heterocycles. The Labute approximate surface area is 182 Å². The maximum atomic E-state index is 13.4. The molecule has 3 fully saturated rings. The molecule has 1 aliphatic carbocycles. The summed E-state index contributed by atoms with van der Waals surface area (Å²) in [4.78, 5) is 25.0. The second-order valence-corrected chi connectivity index (χ2v) is 9.61. The molecule has 1 atom stereocenters. The normalized spacial score (nSPS) is 25.3. The Morgan fingerprint density at radius 2 is 1.73 bits per heavy atom. The minimum Gasteiger partial charge on any atom is -0.340 e. The molecule has 1 amide bonds. The summed E-state index contributed by atoms with van der Waals surface area (Å²) in [5.41, 5.74) is 1.36. The summed E-state index contributed by atoms with van der Waals surface area (Å²) in [5.74, 6) is 0.666. The number of hydrogen-bond acceptors (Lipinski definition) is 4. The van der Waals surface area contributed by atoms with Crippen molar-refractivity contribution in [3.63, 3.8) is 0 Å². The maximum Gasteiger partial charge on any atom is 0.227 e. The van der Waals surface area contributed by atoms with Crippen LogP contribution in [-0.2, 0) is 11.3 Å². The van der Waals surface area contributed by atoms with Crippen molar-refractivity contribution in [2.45, 2.75) is 83.3 Å². The van der Waals surface area contributed by atoms with Gasteiger partial charge in [-0.1, -0.05) is 19.3 Å². The number of carbonyl (C=O) groups excluding carboxylic acids is 1. The van der Waals surface area contributed by atoms with Gasteiger partial charge in [-0.15, -0.1) is 0 Å². The van der Waals surface area contributed by atoms with Gasteiger partial charge in [0.2, 0.25) is 5.91 Å². The molecule has 1 aromatic heterocycles. The van der Waals surface area contributed by atoms with Crippen LogP contribution in [0.15, 0.2) is 24.5 Å². The summed E-state index contributed by atoms with van der Waals surface area (Å²) < 4.78 is 0. The summed E-state index contributed by atoms with van der Waals surface area (Å²) in [7, 11) is 0. The number of piperidine rings is 2. The van der Waals surface area contributed by atoms with Gasteiger partial charge in [0.05, 0.1) is 5.92 Å². The van der Waals surface area contributed by atoms with Crippen LogP contribution in [0.3, 0.4) is 0 Å². The van der Waals surface area contributed by atoms with Crippen molar-refractivity contribution in [3.05, 3.63) is 30.1 Å². The molecule has 5 heteroatoms. The highest BCUT2D eigenvalue weighted by Gasteiger charge is 2.35. The van der Waals surface area contributed by atoms with Gasteiger partial charge in [0.25, 0.3) is 0 Å². The lowest BCUT2D eigenvalue weighted by Crippen LogP contribution is -2.52. The van der Waals surface area contributed by atoms with Crippen LogP contribution in [0.4, 0.5) is 0 Å². The lowest BCUT2D eigenvalue weighted by atomic mass is 9.90. The molecule has 166 valence electrons. The number of nitrogens with zero attached hydrogens (tertiary/aromatic N) is 4. The second-order valence-electron chi connectivity index (χ2n) is 9.61. The molecule has 0 unspecified atom stereocenters. The number of amides is 1. The fraction of sp³-hybridized carbons (Fsp3) is 0.760. The van der Waals surface area contributed by atoms with Gasteiger partial charge in [-0.3, -0.25) is 19.6 Å². The Kier molecular flexibility index (Phi) is 7.78. The molecule has 5 nitrogen and oxygen atoms in total. The summed E-state index contributed by atoms with van der Waals surface area (Å²) in [6.07, 6.45) is 14.9. The third-order valence-electron chi connectivity index (χ3n) is 7.67. The van der Waals surface area contributed by atoms with Crippen LogP contribution in [0.25, 0.3) is 0 Å². The summed E-state index contributed by atoms with van der Waals surface area (Å²) in [6, 6.07) is 5.40. The molecular weight excluding hydrogens is 372 g/mol. The molecule has 0 aromatic carbocycles. The zero-order chi connectivity index (χ0) is 20.8. The standard InChI is InChI=1S/C25H40N4O/c1-2-29(24-8-4-3-5-9-24)25(30)22-7-6-16-28(20-22)23-12-17-27(18-13-23)19-21-10-14-26-15-11-21/h10-11,14-15,22-24H,2-9,12-13,16-20H2,1H3/t22-/m1/s1. The van der Waals surface area contributed by atoms with E-state index in [4.69, 9.17) is 0 Å². The van der Waals surface area contributed by atoms with Crippen LogP contribution < -0.4 is 0 Å². The number of rotatable bonds is 6. The fourth-order valence-corrected chi connectivity index (χ4v) is 5.95. The van der Waals surface area contributed by atoms with Crippen molar-refractivity contribution in [2.75, 3.05) is 32.7 Å². The van der Waals surface area contributed by atoms with E-state index < -0.39 is 0 Å². The van der Waals surface area contributed by atoms with Crippen LogP contribution in [0.2, 0.25) is 0 Å². The van der Waals surface area contributed by atoms with E-state index in [2.05, 4.69) is 38.7 Å². The molecule has 30 heavy (non-hydrogen) atoms.